The van der Waals surface area contributed by atoms with Gasteiger partial charge in [0.1, 0.15) is 12.4 Å². The molecule has 1 aromatic carbocycles. The molecule has 0 amide bonds. The minimum atomic E-state index is -0.120. The molecule has 124 valence electrons. The lowest BCUT2D eigenvalue weighted by Crippen LogP contribution is -2.32. The maximum Gasteiger partial charge on any atom is 0.137 e. The van der Waals surface area contributed by atoms with E-state index in [2.05, 4.69) is 10.5 Å². The highest BCUT2D eigenvalue weighted by molar-refractivity contribution is 5.98. The normalized spacial score (nSPS) is 12.4. The summed E-state index contributed by atoms with van der Waals surface area (Å²) in [5.74, 6) is 0. The molecule has 1 aromatic rings. The molecule has 22 heavy (non-hydrogen) atoms. The Bertz CT molecular complexity index is 442. The molecule has 1 atom stereocenters. The van der Waals surface area contributed by atoms with Crippen LogP contribution in [0.1, 0.15) is 38.8 Å². The van der Waals surface area contributed by atoms with Crippen LogP contribution in [0.15, 0.2) is 29.4 Å². The number of nitrogens with one attached hydrogen (secondary N) is 1. The topological polar surface area (TPSA) is 70.9 Å². The highest BCUT2D eigenvalue weighted by atomic mass is 16.6. The first kappa shape index (κ1) is 20.3. The average Bonchev–Trinajstić information content (AvgIpc) is 2.54. The van der Waals surface area contributed by atoms with Crippen LogP contribution in [0.2, 0.25) is 0 Å². The fourth-order valence-electron chi connectivity index (χ4n) is 1.80. The molecule has 1 rings (SSSR count). The third-order valence-electron chi connectivity index (χ3n) is 2.86. The van der Waals surface area contributed by atoms with E-state index < -0.39 is 0 Å². The predicted molar refractivity (Wildman–Crippen MR) is 90.2 cm³/mol. The quantitative estimate of drug-likeness (QED) is 0.438. The molecule has 0 aliphatic heterocycles. The summed E-state index contributed by atoms with van der Waals surface area (Å²) in [5, 5.41) is 14.2. The number of carbonyl (C=O) groups is 1. The summed E-state index contributed by atoms with van der Waals surface area (Å²) < 4.78 is 0. The zero-order valence-electron chi connectivity index (χ0n) is 14.2. The van der Waals surface area contributed by atoms with Crippen LogP contribution in [-0.2, 0) is 16.1 Å². The Morgan fingerprint density at radius 3 is 2.36 bits per heavy atom. The van der Waals surface area contributed by atoms with Gasteiger partial charge in [-0.1, -0.05) is 36.3 Å². The summed E-state index contributed by atoms with van der Waals surface area (Å²) in [6, 6.07) is 7.94. The van der Waals surface area contributed by atoms with Gasteiger partial charge < -0.3 is 20.1 Å². The minimum absolute atomic E-state index is 0.0812. The van der Waals surface area contributed by atoms with Gasteiger partial charge in [-0.3, -0.25) is 0 Å². The lowest BCUT2D eigenvalue weighted by atomic mass is 10.0. The highest BCUT2D eigenvalue weighted by Crippen LogP contribution is 2.08. The van der Waals surface area contributed by atoms with Gasteiger partial charge in [0.15, 0.2) is 0 Å². The largest absolute Gasteiger partial charge is 0.400 e. The fraction of sp³-hybridized carbons (Fsp3) is 0.529. The van der Waals surface area contributed by atoms with Gasteiger partial charge in [0, 0.05) is 7.11 Å². The number of hydrogen-bond acceptors (Lipinski definition) is 5. The van der Waals surface area contributed by atoms with Gasteiger partial charge >= 0.3 is 0 Å². The monoisotopic (exact) mass is 308 g/mol. The van der Waals surface area contributed by atoms with Crippen molar-refractivity contribution in [3.8, 4) is 0 Å². The average molecular weight is 308 g/mol. The summed E-state index contributed by atoms with van der Waals surface area (Å²) in [7, 11) is 1.00. The van der Waals surface area contributed by atoms with Crippen LogP contribution < -0.4 is 5.32 Å². The van der Waals surface area contributed by atoms with Crippen molar-refractivity contribution in [3.63, 3.8) is 0 Å². The van der Waals surface area contributed by atoms with Crippen LogP contribution >= 0.6 is 0 Å². The van der Waals surface area contributed by atoms with Crippen molar-refractivity contribution in [2.75, 3.05) is 13.7 Å². The number of aldehydes is 1. The SMILES string of the molecule is CCNC(C=O)Cc1ccc(/C(C)=N\OC(C)C)cc1.CO. The summed E-state index contributed by atoms with van der Waals surface area (Å²) >= 11 is 0. The van der Waals surface area contributed by atoms with E-state index in [1.165, 1.54) is 0 Å². The summed E-state index contributed by atoms with van der Waals surface area (Å²) in [6.45, 7) is 8.60. The Kier molecular flexibility index (Phi) is 11.0. The number of nitrogens with zero attached hydrogens (tertiary/aromatic N) is 1. The molecule has 0 saturated carbocycles. The minimum Gasteiger partial charge on any atom is -0.400 e. The second-order valence-electron chi connectivity index (χ2n) is 5.03. The van der Waals surface area contributed by atoms with Crippen LogP contribution in [0.3, 0.4) is 0 Å². The second-order valence-corrected chi connectivity index (χ2v) is 5.03. The van der Waals surface area contributed by atoms with Gasteiger partial charge in [-0.2, -0.15) is 0 Å². The molecule has 0 heterocycles. The number of hydrogen-bond donors (Lipinski definition) is 2. The number of likely N-dealkylation sites (N-methyl/N-ethyl adjacent to an activating group) is 1. The molecule has 1 unspecified atom stereocenters. The third kappa shape index (κ3) is 7.90. The summed E-state index contributed by atoms with van der Waals surface area (Å²) in [6.07, 6.45) is 1.74. The zero-order valence-corrected chi connectivity index (χ0v) is 14.2. The Morgan fingerprint density at radius 1 is 1.32 bits per heavy atom. The first-order valence-electron chi connectivity index (χ1n) is 7.50. The lowest BCUT2D eigenvalue weighted by molar-refractivity contribution is -0.109. The number of carbonyl (C=O) groups excluding carboxylic acids is 1. The van der Waals surface area contributed by atoms with Gasteiger partial charge in [0.2, 0.25) is 0 Å². The molecule has 0 spiro atoms. The van der Waals surface area contributed by atoms with Gasteiger partial charge in [0.05, 0.1) is 11.8 Å². The molecule has 5 heteroatoms. The van der Waals surface area contributed by atoms with E-state index >= 15 is 0 Å². The Balaban J connectivity index is 0.00000211. The van der Waals surface area contributed by atoms with Crippen molar-refractivity contribution in [1.29, 1.82) is 0 Å². The smallest absolute Gasteiger partial charge is 0.137 e. The number of aliphatic hydroxyl groups excluding tert-OH is 1. The van der Waals surface area contributed by atoms with E-state index in [0.717, 1.165) is 36.8 Å². The lowest BCUT2D eigenvalue weighted by Gasteiger charge is -2.11. The van der Waals surface area contributed by atoms with E-state index in [1.54, 1.807) is 0 Å². The molecular formula is C17H28N2O3. The molecule has 2 N–H and O–H groups in total. The van der Waals surface area contributed by atoms with Gasteiger partial charge in [-0.15, -0.1) is 0 Å². The van der Waals surface area contributed by atoms with Crippen molar-refractivity contribution in [2.24, 2.45) is 5.16 Å². The fourth-order valence-corrected chi connectivity index (χ4v) is 1.80. The number of rotatable bonds is 8. The summed E-state index contributed by atoms with van der Waals surface area (Å²) in [5.41, 5.74) is 3.01. The molecule has 0 aliphatic carbocycles. The van der Waals surface area contributed by atoms with Gasteiger partial charge in [-0.05, 0) is 44.9 Å². The molecule has 0 aromatic heterocycles. The Hall–Kier alpha value is -1.72. The summed E-state index contributed by atoms with van der Waals surface area (Å²) in [4.78, 5) is 16.2. The maximum absolute atomic E-state index is 10.9. The second kappa shape index (κ2) is 11.9. The first-order chi connectivity index (χ1) is 10.6. The number of benzene rings is 1. The van der Waals surface area contributed by atoms with Gasteiger partial charge in [0.25, 0.3) is 0 Å². The predicted octanol–water partition coefficient (Wildman–Crippen LogP) is 2.16. The van der Waals surface area contributed by atoms with E-state index in [1.807, 2.05) is 52.0 Å². The molecular weight excluding hydrogens is 280 g/mol. The Morgan fingerprint density at radius 2 is 1.91 bits per heavy atom. The highest BCUT2D eigenvalue weighted by Gasteiger charge is 2.07. The van der Waals surface area contributed by atoms with Crippen molar-refractivity contribution in [3.05, 3.63) is 35.4 Å². The van der Waals surface area contributed by atoms with E-state index in [0.29, 0.717) is 6.42 Å². The van der Waals surface area contributed by atoms with Crippen LogP contribution in [-0.4, -0.2) is 42.9 Å². The molecule has 5 nitrogen and oxygen atoms in total. The van der Waals surface area contributed by atoms with Gasteiger partial charge in [-0.25, -0.2) is 0 Å². The molecule has 0 saturated heterocycles. The third-order valence-corrected chi connectivity index (χ3v) is 2.86. The molecule has 0 radical (unpaired) electrons. The van der Waals surface area contributed by atoms with Crippen LogP contribution in [0.4, 0.5) is 0 Å². The van der Waals surface area contributed by atoms with E-state index in [9.17, 15) is 4.79 Å². The van der Waals surface area contributed by atoms with Crippen molar-refractivity contribution in [1.82, 2.24) is 5.32 Å². The number of oxime groups is 1. The number of aliphatic hydroxyl groups is 1. The van der Waals surface area contributed by atoms with Crippen molar-refractivity contribution in [2.45, 2.75) is 46.3 Å². The van der Waals surface area contributed by atoms with Crippen LogP contribution in [0.5, 0.6) is 0 Å². The zero-order chi connectivity index (χ0) is 17.0. The van der Waals surface area contributed by atoms with Crippen molar-refractivity contribution < 1.29 is 14.7 Å². The molecule has 0 fully saturated rings. The standard InChI is InChI=1S/C16H24N2O2.CH4O/c1-5-17-16(11-19)10-14-6-8-15(9-7-14)13(4)18-20-12(2)3;1-2/h6-9,11-12,16-17H,5,10H2,1-4H3;2H,1H3/b18-13-;. The molecule has 0 bridgehead atoms. The van der Waals surface area contributed by atoms with E-state index in [-0.39, 0.29) is 12.1 Å². The van der Waals surface area contributed by atoms with Crippen LogP contribution in [0, 0.1) is 0 Å². The van der Waals surface area contributed by atoms with Crippen molar-refractivity contribution >= 4 is 12.0 Å². The molecule has 0 aliphatic rings. The Labute approximate surface area is 133 Å². The maximum atomic E-state index is 10.9. The van der Waals surface area contributed by atoms with E-state index in [4.69, 9.17) is 9.94 Å². The first-order valence-corrected chi connectivity index (χ1v) is 7.50. The van der Waals surface area contributed by atoms with Crippen LogP contribution in [0.25, 0.3) is 0 Å².